The van der Waals surface area contributed by atoms with Gasteiger partial charge in [-0.1, -0.05) is 0 Å². The zero-order valence-corrected chi connectivity index (χ0v) is 13.1. The molecular formula is C6H12O8Pb. The number of carbonyl (C=O) groups is 3. The van der Waals surface area contributed by atoms with Gasteiger partial charge in [0.1, 0.15) is 0 Å². The zero-order valence-electron chi connectivity index (χ0n) is 7.63. The van der Waals surface area contributed by atoms with Crippen molar-refractivity contribution in [2.24, 2.45) is 0 Å². The number of aliphatic hydroxyl groups is 1. The Morgan fingerprint density at radius 2 is 1.20 bits per heavy atom. The van der Waals surface area contributed by atoms with E-state index < -0.39 is 36.4 Å². The van der Waals surface area contributed by atoms with Gasteiger partial charge in [0, 0.05) is 0 Å². The van der Waals surface area contributed by atoms with Gasteiger partial charge in [-0.05, 0) is 0 Å². The van der Waals surface area contributed by atoms with Crippen molar-refractivity contribution in [1.29, 1.82) is 0 Å². The summed E-state index contributed by atoms with van der Waals surface area (Å²) in [6.45, 7) is 0. The maximum atomic E-state index is 10.3. The van der Waals surface area contributed by atoms with Gasteiger partial charge in [-0.2, -0.15) is 0 Å². The molecule has 6 N–H and O–H groups in total. The van der Waals surface area contributed by atoms with E-state index in [1.807, 2.05) is 0 Å². The molecule has 0 saturated heterocycles. The van der Waals surface area contributed by atoms with E-state index in [1.165, 1.54) is 0 Å². The van der Waals surface area contributed by atoms with Crippen LogP contribution in [0.4, 0.5) is 0 Å². The molecule has 15 heavy (non-hydrogen) atoms. The molecule has 0 aromatic heterocycles. The van der Waals surface area contributed by atoms with E-state index in [0.717, 1.165) is 0 Å². The van der Waals surface area contributed by atoms with Crippen LogP contribution in [0.5, 0.6) is 0 Å². The normalized spacial score (nSPS) is 9.40. The minimum atomic E-state index is -2.74. The molecule has 0 rings (SSSR count). The first-order valence-corrected chi connectivity index (χ1v) is 3.17. The Balaban J connectivity index is -0.000000720. The van der Waals surface area contributed by atoms with Crippen LogP contribution in [0.15, 0.2) is 0 Å². The fourth-order valence-corrected chi connectivity index (χ4v) is 0.714. The second-order valence-electron chi connectivity index (χ2n) is 2.48. The minimum absolute atomic E-state index is 0. The van der Waals surface area contributed by atoms with E-state index in [4.69, 9.17) is 20.4 Å². The fourth-order valence-electron chi connectivity index (χ4n) is 0.714. The third kappa shape index (κ3) is 7.21. The molecule has 0 spiro atoms. The van der Waals surface area contributed by atoms with Crippen molar-refractivity contribution in [1.82, 2.24) is 0 Å². The van der Waals surface area contributed by atoms with Crippen LogP contribution in [0.3, 0.4) is 0 Å². The van der Waals surface area contributed by atoms with Crippen LogP contribution in [-0.4, -0.2) is 76.7 Å². The summed E-state index contributed by atoms with van der Waals surface area (Å²) in [6, 6.07) is 0. The zero-order chi connectivity index (χ0) is 10.6. The Morgan fingerprint density at radius 1 is 0.933 bits per heavy atom. The maximum absolute atomic E-state index is 10.3. The number of rotatable bonds is 5. The molecule has 0 saturated carbocycles. The fraction of sp³-hybridized carbons (Fsp3) is 0.500. The summed E-state index contributed by atoms with van der Waals surface area (Å²) < 4.78 is 0. The first-order valence-electron chi connectivity index (χ1n) is 3.17. The van der Waals surface area contributed by atoms with E-state index in [9.17, 15) is 14.4 Å². The van der Waals surface area contributed by atoms with Crippen LogP contribution in [-0.2, 0) is 14.4 Å². The van der Waals surface area contributed by atoms with Crippen LogP contribution in [0.1, 0.15) is 12.8 Å². The number of aliphatic carboxylic acids is 3. The molecule has 0 amide bonds. The van der Waals surface area contributed by atoms with Crippen molar-refractivity contribution in [3.63, 3.8) is 0 Å². The van der Waals surface area contributed by atoms with Gasteiger partial charge >= 0.3 is 45.2 Å². The van der Waals surface area contributed by atoms with Crippen LogP contribution < -0.4 is 0 Å². The molecule has 0 aliphatic rings. The van der Waals surface area contributed by atoms with Gasteiger partial charge in [-0.15, -0.1) is 0 Å². The number of hydrogen-bond acceptors (Lipinski definition) is 4. The Labute approximate surface area is 104 Å². The monoisotopic (exact) mass is 420 g/mol. The van der Waals surface area contributed by atoms with E-state index in [0.29, 0.717) is 0 Å². The third-order valence-electron chi connectivity index (χ3n) is 1.29. The van der Waals surface area contributed by atoms with Gasteiger partial charge in [0.15, 0.2) is 5.60 Å². The standard InChI is InChI=1S/C6H8O7.H2O.Pb.2H/c7-3(8)1-6(13,5(11)12)2-4(9)10;;;;/h13H,1-2H2,(H,7,8)(H,9,10)(H,11,12);1H2;;;. The summed E-state index contributed by atoms with van der Waals surface area (Å²) in [5.74, 6) is -5.02. The van der Waals surface area contributed by atoms with E-state index >= 15 is 0 Å². The Hall–Kier alpha value is -0.748. The quantitative estimate of drug-likeness (QED) is 0.345. The molecule has 8 nitrogen and oxygen atoms in total. The topological polar surface area (TPSA) is 164 Å². The molecule has 0 unspecified atom stereocenters. The van der Waals surface area contributed by atoms with Crippen LogP contribution in [0.25, 0.3) is 0 Å². The van der Waals surface area contributed by atoms with E-state index in [-0.39, 0.29) is 32.8 Å². The van der Waals surface area contributed by atoms with Crippen molar-refractivity contribution in [2.45, 2.75) is 18.4 Å². The number of carboxylic acid groups (broad SMARTS) is 3. The van der Waals surface area contributed by atoms with Gasteiger partial charge < -0.3 is 25.9 Å². The molecule has 0 bridgehead atoms. The van der Waals surface area contributed by atoms with Gasteiger partial charge in [0.25, 0.3) is 0 Å². The Bertz CT molecular complexity index is 234. The third-order valence-corrected chi connectivity index (χ3v) is 1.29. The van der Waals surface area contributed by atoms with Gasteiger partial charge in [0.2, 0.25) is 0 Å². The van der Waals surface area contributed by atoms with E-state index in [2.05, 4.69) is 0 Å². The van der Waals surface area contributed by atoms with Crippen LogP contribution in [0.2, 0.25) is 0 Å². The van der Waals surface area contributed by atoms with E-state index in [1.54, 1.807) is 0 Å². The van der Waals surface area contributed by atoms with Gasteiger partial charge in [-0.3, -0.25) is 9.59 Å². The molecule has 0 atom stereocenters. The van der Waals surface area contributed by atoms with Crippen LogP contribution in [0, 0.1) is 0 Å². The van der Waals surface area contributed by atoms with Gasteiger partial charge in [0.05, 0.1) is 12.8 Å². The molecule has 9 heteroatoms. The second-order valence-corrected chi connectivity index (χ2v) is 2.48. The van der Waals surface area contributed by atoms with Gasteiger partial charge in [-0.25, -0.2) is 4.79 Å². The van der Waals surface area contributed by atoms with Crippen LogP contribution >= 0.6 is 0 Å². The molecule has 0 aliphatic carbocycles. The Kier molecular flexibility index (Phi) is 9.93. The van der Waals surface area contributed by atoms with Crippen molar-refractivity contribution in [3.8, 4) is 0 Å². The second kappa shape index (κ2) is 7.53. The molecule has 0 heterocycles. The van der Waals surface area contributed by atoms with Crippen molar-refractivity contribution >= 4 is 45.2 Å². The first kappa shape index (κ1) is 19.8. The number of hydrogen-bond donors (Lipinski definition) is 4. The average Bonchev–Trinajstić information content (AvgIpc) is 1.82. The summed E-state index contributed by atoms with van der Waals surface area (Å²) >= 11 is 0. The summed E-state index contributed by atoms with van der Waals surface area (Å²) in [4.78, 5) is 30.5. The molecule has 0 aromatic carbocycles. The molecule has 0 fully saturated rings. The average molecular weight is 419 g/mol. The predicted molar refractivity (Wildman–Crippen MR) is 49.2 cm³/mol. The first-order chi connectivity index (χ1) is 5.78. The molecule has 0 aliphatic heterocycles. The Morgan fingerprint density at radius 3 is 1.33 bits per heavy atom. The van der Waals surface area contributed by atoms with Crippen molar-refractivity contribution in [3.05, 3.63) is 0 Å². The summed E-state index contributed by atoms with van der Waals surface area (Å²) in [6.07, 6.45) is -2.29. The summed E-state index contributed by atoms with van der Waals surface area (Å²) in [5, 5.41) is 33.8. The molecular weight excluding hydrogens is 407 g/mol. The predicted octanol–water partition coefficient (Wildman–Crippen LogP) is -2.99. The molecule has 2 radical (unpaired) electrons. The molecule has 88 valence electrons. The molecule has 0 aromatic rings. The van der Waals surface area contributed by atoms with Crippen molar-refractivity contribution < 1.29 is 40.3 Å². The SMILES string of the molecule is O.O=C(O)CC(O)(CC(=O)O)C(=O)O.[PbH2]. The summed E-state index contributed by atoms with van der Waals surface area (Å²) in [7, 11) is 0. The summed E-state index contributed by atoms with van der Waals surface area (Å²) in [5.41, 5.74) is -2.74. The number of carboxylic acids is 3. The van der Waals surface area contributed by atoms with Crippen molar-refractivity contribution in [2.75, 3.05) is 0 Å².